The van der Waals surface area contributed by atoms with Crippen molar-refractivity contribution in [2.45, 2.75) is 31.2 Å². The van der Waals surface area contributed by atoms with Gasteiger partial charge in [-0.2, -0.15) is 9.82 Å². The predicted molar refractivity (Wildman–Crippen MR) is 63.6 cm³/mol. The van der Waals surface area contributed by atoms with Gasteiger partial charge in [0.2, 0.25) is 15.9 Å². The molecule has 0 fully saturated rings. The molecule has 19 heavy (non-hydrogen) atoms. The molecule has 0 aliphatic rings. The molecule has 0 saturated heterocycles. The third kappa shape index (κ3) is 3.51. The fraction of sp³-hybridized carbons (Fsp3) is 0.444. The molecule has 9 nitrogen and oxygen atoms in total. The Balaban J connectivity index is 3.08. The van der Waals surface area contributed by atoms with E-state index in [1.54, 1.807) is 0 Å². The first-order valence-corrected chi connectivity index (χ1v) is 6.68. The van der Waals surface area contributed by atoms with Crippen molar-refractivity contribution in [2.24, 2.45) is 5.73 Å². The Morgan fingerprint density at radius 3 is 2.42 bits per heavy atom. The summed E-state index contributed by atoms with van der Waals surface area (Å²) in [5, 5.41) is 15.1. The zero-order chi connectivity index (χ0) is 14.8. The van der Waals surface area contributed by atoms with Gasteiger partial charge in [-0.25, -0.2) is 8.42 Å². The fourth-order valence-corrected chi connectivity index (χ4v) is 3.12. The summed E-state index contributed by atoms with van der Waals surface area (Å²) < 4.78 is 26.0. The van der Waals surface area contributed by atoms with Gasteiger partial charge in [0.1, 0.15) is 10.9 Å². The lowest BCUT2D eigenvalue weighted by atomic mass is 10.2. The standard InChI is InChI=1S/C9H14N4O5S/c1-4-8(5(2)12-11-4)19(17,18)13-6(9(15)16)3-7(10)14/h6,13H,3H2,1-2H3,(H2,10,14)(H,11,12)(H,15,16). The number of aromatic amines is 1. The van der Waals surface area contributed by atoms with Gasteiger partial charge in [-0.3, -0.25) is 14.7 Å². The summed E-state index contributed by atoms with van der Waals surface area (Å²) in [7, 11) is -4.10. The van der Waals surface area contributed by atoms with Crippen LogP contribution >= 0.6 is 0 Å². The van der Waals surface area contributed by atoms with Crippen LogP contribution in [0, 0.1) is 13.8 Å². The predicted octanol–water partition coefficient (Wildman–Crippen LogP) is -1.37. The molecule has 0 aromatic carbocycles. The molecule has 0 aliphatic carbocycles. The second-order valence-electron chi connectivity index (χ2n) is 3.95. The van der Waals surface area contributed by atoms with Crippen LogP contribution in [-0.4, -0.2) is 41.6 Å². The van der Waals surface area contributed by atoms with E-state index < -0.39 is 34.4 Å². The van der Waals surface area contributed by atoms with E-state index in [0.717, 1.165) is 0 Å². The highest BCUT2D eigenvalue weighted by Gasteiger charge is 2.30. The van der Waals surface area contributed by atoms with Gasteiger partial charge in [-0.1, -0.05) is 0 Å². The Hall–Kier alpha value is -1.94. The minimum Gasteiger partial charge on any atom is -0.480 e. The van der Waals surface area contributed by atoms with Crippen molar-refractivity contribution in [1.29, 1.82) is 0 Å². The molecule has 1 atom stereocenters. The van der Waals surface area contributed by atoms with E-state index in [2.05, 4.69) is 10.2 Å². The zero-order valence-electron chi connectivity index (χ0n) is 10.3. The molecule has 1 amide bonds. The van der Waals surface area contributed by atoms with E-state index in [4.69, 9.17) is 10.8 Å². The van der Waals surface area contributed by atoms with E-state index in [0.29, 0.717) is 0 Å². The first-order chi connectivity index (χ1) is 8.65. The second-order valence-corrected chi connectivity index (χ2v) is 5.60. The summed E-state index contributed by atoms with van der Waals surface area (Å²) in [5.41, 5.74) is 5.35. The van der Waals surface area contributed by atoms with Gasteiger partial charge in [0, 0.05) is 0 Å². The lowest BCUT2D eigenvalue weighted by molar-refractivity contribution is -0.140. The Kier molecular flexibility index (Phi) is 4.27. The Morgan fingerprint density at radius 2 is 2.05 bits per heavy atom. The molecule has 1 unspecified atom stereocenters. The van der Waals surface area contributed by atoms with Gasteiger partial charge in [0.25, 0.3) is 0 Å². The van der Waals surface area contributed by atoms with E-state index in [-0.39, 0.29) is 16.3 Å². The molecular weight excluding hydrogens is 276 g/mol. The van der Waals surface area contributed by atoms with Crippen molar-refractivity contribution < 1.29 is 23.1 Å². The van der Waals surface area contributed by atoms with Gasteiger partial charge in [-0.05, 0) is 13.8 Å². The number of hydrogen-bond acceptors (Lipinski definition) is 5. The highest BCUT2D eigenvalue weighted by atomic mass is 32.2. The number of nitrogens with zero attached hydrogens (tertiary/aromatic N) is 1. The van der Waals surface area contributed by atoms with Crippen LogP contribution in [0.4, 0.5) is 0 Å². The van der Waals surface area contributed by atoms with Crippen molar-refractivity contribution in [3.63, 3.8) is 0 Å². The van der Waals surface area contributed by atoms with Crippen LogP contribution in [0.3, 0.4) is 0 Å². The monoisotopic (exact) mass is 290 g/mol. The van der Waals surface area contributed by atoms with Crippen LogP contribution < -0.4 is 10.5 Å². The average molecular weight is 290 g/mol. The fourth-order valence-electron chi connectivity index (χ4n) is 1.56. The SMILES string of the molecule is Cc1n[nH]c(C)c1S(=O)(=O)NC(CC(N)=O)C(=O)O. The highest BCUT2D eigenvalue weighted by molar-refractivity contribution is 7.89. The molecule has 0 bridgehead atoms. The number of nitrogens with one attached hydrogen (secondary N) is 2. The van der Waals surface area contributed by atoms with Crippen LogP contribution in [0.25, 0.3) is 0 Å². The molecule has 106 valence electrons. The Labute approximate surface area is 109 Å². The summed E-state index contributed by atoms with van der Waals surface area (Å²) in [5.74, 6) is -2.41. The number of H-pyrrole nitrogens is 1. The third-order valence-corrected chi connectivity index (χ3v) is 4.06. The summed E-state index contributed by atoms with van der Waals surface area (Å²) in [4.78, 5) is 21.5. The summed E-state index contributed by atoms with van der Waals surface area (Å²) in [6.45, 7) is 2.94. The molecule has 0 saturated carbocycles. The van der Waals surface area contributed by atoms with Crippen molar-refractivity contribution in [3.05, 3.63) is 11.4 Å². The normalized spacial score (nSPS) is 13.2. The lowest BCUT2D eigenvalue weighted by Gasteiger charge is -2.13. The number of sulfonamides is 1. The van der Waals surface area contributed by atoms with Crippen molar-refractivity contribution in [2.75, 3.05) is 0 Å². The van der Waals surface area contributed by atoms with Crippen molar-refractivity contribution >= 4 is 21.9 Å². The third-order valence-electron chi connectivity index (χ3n) is 2.33. The van der Waals surface area contributed by atoms with Crippen LogP contribution in [-0.2, 0) is 19.6 Å². The van der Waals surface area contributed by atoms with Crippen LogP contribution in [0.5, 0.6) is 0 Å². The minimum absolute atomic E-state index is 0.136. The van der Waals surface area contributed by atoms with Gasteiger partial charge < -0.3 is 10.8 Å². The molecule has 10 heteroatoms. The Morgan fingerprint density at radius 1 is 1.47 bits per heavy atom. The Bertz CT molecular complexity index is 587. The minimum atomic E-state index is -4.10. The van der Waals surface area contributed by atoms with Gasteiger partial charge in [0.15, 0.2) is 0 Å². The van der Waals surface area contributed by atoms with E-state index >= 15 is 0 Å². The molecular formula is C9H14N4O5S. The second kappa shape index (κ2) is 5.36. The number of primary amides is 1. The molecule has 0 spiro atoms. The number of amides is 1. The van der Waals surface area contributed by atoms with Crippen LogP contribution in [0.15, 0.2) is 4.90 Å². The van der Waals surface area contributed by atoms with Crippen LogP contribution in [0.2, 0.25) is 0 Å². The van der Waals surface area contributed by atoms with Crippen molar-refractivity contribution in [3.8, 4) is 0 Å². The maximum Gasteiger partial charge on any atom is 0.322 e. The van der Waals surface area contributed by atoms with E-state index in [1.165, 1.54) is 13.8 Å². The summed E-state index contributed by atoms with van der Waals surface area (Å²) in [6.07, 6.45) is -0.634. The topological polar surface area (TPSA) is 155 Å². The number of nitrogens with two attached hydrogens (primary N) is 1. The number of carboxylic acids is 1. The van der Waals surface area contributed by atoms with Crippen molar-refractivity contribution in [1.82, 2.24) is 14.9 Å². The quantitative estimate of drug-likeness (QED) is 0.506. The maximum absolute atomic E-state index is 12.0. The number of hydrogen-bond donors (Lipinski definition) is 4. The number of aromatic nitrogens is 2. The number of aryl methyl sites for hydroxylation is 2. The van der Waals surface area contributed by atoms with Gasteiger partial charge >= 0.3 is 5.97 Å². The van der Waals surface area contributed by atoms with Crippen LogP contribution in [0.1, 0.15) is 17.8 Å². The average Bonchev–Trinajstić information content (AvgIpc) is 2.56. The molecule has 1 aromatic heterocycles. The number of carbonyl (C=O) groups is 2. The van der Waals surface area contributed by atoms with E-state index in [9.17, 15) is 18.0 Å². The molecule has 1 aromatic rings. The molecule has 0 radical (unpaired) electrons. The highest BCUT2D eigenvalue weighted by Crippen LogP contribution is 2.17. The molecule has 1 rings (SSSR count). The molecule has 1 heterocycles. The number of carboxylic acid groups (broad SMARTS) is 1. The molecule has 0 aliphatic heterocycles. The lowest BCUT2D eigenvalue weighted by Crippen LogP contribution is -2.43. The summed E-state index contributed by atoms with van der Waals surface area (Å²) in [6, 6.07) is -1.61. The van der Waals surface area contributed by atoms with Gasteiger partial charge in [-0.15, -0.1) is 0 Å². The smallest absolute Gasteiger partial charge is 0.322 e. The number of aliphatic carboxylic acids is 1. The van der Waals surface area contributed by atoms with E-state index in [1.807, 2.05) is 4.72 Å². The first kappa shape index (κ1) is 15.1. The largest absolute Gasteiger partial charge is 0.480 e. The maximum atomic E-state index is 12.0. The zero-order valence-corrected chi connectivity index (χ0v) is 11.1. The summed E-state index contributed by atoms with van der Waals surface area (Å²) >= 11 is 0. The number of rotatable bonds is 6. The molecule has 5 N–H and O–H groups in total. The number of carbonyl (C=O) groups excluding carboxylic acids is 1. The van der Waals surface area contributed by atoms with Gasteiger partial charge in [0.05, 0.1) is 17.8 Å². The first-order valence-electron chi connectivity index (χ1n) is 5.20.